The second kappa shape index (κ2) is 5.69. The standard InChI is InChI=1S/C8H19NO2Si/c1-2-10-6-7-11-9-5-3-4-8(9)12/h8H,2-7H2,1,12H3. The molecule has 0 amide bonds. The molecule has 4 heteroatoms. The lowest BCUT2D eigenvalue weighted by Crippen LogP contribution is -2.31. The van der Waals surface area contributed by atoms with Gasteiger partial charge in [0.15, 0.2) is 0 Å². The predicted octanol–water partition coefficient (Wildman–Crippen LogP) is -0.258. The van der Waals surface area contributed by atoms with Crippen LogP contribution in [0.15, 0.2) is 0 Å². The fraction of sp³-hybridized carbons (Fsp3) is 1.00. The first-order chi connectivity index (χ1) is 5.84. The van der Waals surface area contributed by atoms with Gasteiger partial charge in [-0.2, -0.15) is 5.06 Å². The van der Waals surface area contributed by atoms with Gasteiger partial charge in [-0.15, -0.1) is 0 Å². The van der Waals surface area contributed by atoms with Crippen molar-refractivity contribution in [2.24, 2.45) is 0 Å². The minimum atomic E-state index is 0.715. The molecule has 1 unspecified atom stereocenters. The number of hydrogen-bond acceptors (Lipinski definition) is 3. The lowest BCUT2D eigenvalue weighted by Gasteiger charge is -2.20. The molecule has 3 nitrogen and oxygen atoms in total. The summed E-state index contributed by atoms with van der Waals surface area (Å²) >= 11 is 0. The summed E-state index contributed by atoms with van der Waals surface area (Å²) < 4.78 is 5.19. The van der Waals surface area contributed by atoms with Crippen LogP contribution in [0.1, 0.15) is 19.8 Å². The van der Waals surface area contributed by atoms with E-state index in [0.717, 1.165) is 25.4 Å². The highest BCUT2D eigenvalue weighted by atomic mass is 28.1. The average Bonchev–Trinajstić information content (AvgIpc) is 2.46. The maximum atomic E-state index is 5.56. The van der Waals surface area contributed by atoms with Gasteiger partial charge in [-0.1, -0.05) is 0 Å². The molecule has 1 rings (SSSR count). The Kier molecular flexibility index (Phi) is 4.83. The lowest BCUT2D eigenvalue weighted by atomic mass is 10.4. The van der Waals surface area contributed by atoms with Crippen LogP contribution in [-0.4, -0.2) is 47.3 Å². The van der Waals surface area contributed by atoms with Gasteiger partial charge in [0.25, 0.3) is 0 Å². The van der Waals surface area contributed by atoms with Crippen LogP contribution in [0.5, 0.6) is 0 Å². The van der Waals surface area contributed by atoms with Crippen LogP contribution in [0, 0.1) is 0 Å². The van der Waals surface area contributed by atoms with Crippen LogP contribution in [0.25, 0.3) is 0 Å². The summed E-state index contributed by atoms with van der Waals surface area (Å²) in [4.78, 5) is 5.56. The van der Waals surface area contributed by atoms with Crippen LogP contribution >= 0.6 is 0 Å². The summed E-state index contributed by atoms with van der Waals surface area (Å²) in [5.74, 6) is 0. The van der Waals surface area contributed by atoms with E-state index in [0.29, 0.717) is 6.61 Å². The van der Waals surface area contributed by atoms with E-state index in [1.165, 1.54) is 23.1 Å². The molecule has 0 aromatic rings. The molecule has 0 aliphatic carbocycles. The molecule has 0 bridgehead atoms. The van der Waals surface area contributed by atoms with E-state index >= 15 is 0 Å². The van der Waals surface area contributed by atoms with Crippen molar-refractivity contribution in [3.05, 3.63) is 0 Å². The highest BCUT2D eigenvalue weighted by Crippen LogP contribution is 2.13. The molecule has 0 N–H and O–H groups in total. The van der Waals surface area contributed by atoms with Gasteiger partial charge in [-0.3, -0.25) is 4.84 Å². The smallest absolute Gasteiger partial charge is 0.0918 e. The molecule has 0 aromatic carbocycles. The first-order valence-corrected chi connectivity index (χ1v) is 5.97. The predicted molar refractivity (Wildman–Crippen MR) is 52.1 cm³/mol. The monoisotopic (exact) mass is 189 g/mol. The third kappa shape index (κ3) is 3.22. The zero-order valence-electron chi connectivity index (χ0n) is 8.08. The quantitative estimate of drug-likeness (QED) is 0.439. The van der Waals surface area contributed by atoms with Gasteiger partial charge in [-0.25, -0.2) is 0 Å². The Bertz CT molecular complexity index is 124. The summed E-state index contributed by atoms with van der Waals surface area (Å²) in [7, 11) is 1.22. The summed E-state index contributed by atoms with van der Waals surface area (Å²) in [5.41, 5.74) is 0.728. The third-order valence-electron chi connectivity index (χ3n) is 2.18. The molecule has 0 radical (unpaired) electrons. The Morgan fingerprint density at radius 3 is 2.92 bits per heavy atom. The Morgan fingerprint density at radius 1 is 1.50 bits per heavy atom. The molecular weight excluding hydrogens is 170 g/mol. The van der Waals surface area contributed by atoms with E-state index < -0.39 is 0 Å². The van der Waals surface area contributed by atoms with Crippen molar-refractivity contribution in [1.29, 1.82) is 0 Å². The average molecular weight is 189 g/mol. The second-order valence-electron chi connectivity index (χ2n) is 3.16. The van der Waals surface area contributed by atoms with E-state index in [9.17, 15) is 0 Å². The van der Waals surface area contributed by atoms with Crippen molar-refractivity contribution < 1.29 is 9.57 Å². The normalized spacial score (nSPS) is 25.2. The molecule has 1 atom stereocenters. The minimum absolute atomic E-state index is 0.715. The Hall–Kier alpha value is 0.0969. The largest absolute Gasteiger partial charge is 0.379 e. The summed E-state index contributed by atoms with van der Waals surface area (Å²) in [6, 6.07) is 0. The fourth-order valence-corrected chi connectivity index (χ4v) is 2.27. The Morgan fingerprint density at radius 2 is 2.33 bits per heavy atom. The number of rotatable bonds is 5. The summed E-state index contributed by atoms with van der Waals surface area (Å²) in [6.07, 6.45) is 2.61. The van der Waals surface area contributed by atoms with Crippen LogP contribution in [0.3, 0.4) is 0 Å². The van der Waals surface area contributed by atoms with E-state index in [1.807, 2.05) is 6.92 Å². The third-order valence-corrected chi connectivity index (χ3v) is 3.33. The van der Waals surface area contributed by atoms with Gasteiger partial charge in [0.2, 0.25) is 0 Å². The minimum Gasteiger partial charge on any atom is -0.379 e. The van der Waals surface area contributed by atoms with Gasteiger partial charge < -0.3 is 4.74 Å². The number of hydrogen-bond donors (Lipinski definition) is 0. The van der Waals surface area contributed by atoms with Crippen LogP contribution < -0.4 is 0 Å². The summed E-state index contributed by atoms with van der Waals surface area (Å²) in [6.45, 7) is 5.34. The van der Waals surface area contributed by atoms with Gasteiger partial charge in [0.1, 0.15) is 0 Å². The zero-order valence-corrected chi connectivity index (χ0v) is 10.1. The number of hydroxylamine groups is 2. The molecule has 1 fully saturated rings. The number of ether oxygens (including phenoxy) is 1. The summed E-state index contributed by atoms with van der Waals surface area (Å²) in [5, 5.41) is 2.13. The van der Waals surface area contributed by atoms with E-state index in [1.54, 1.807) is 0 Å². The zero-order chi connectivity index (χ0) is 8.81. The SMILES string of the molecule is CCOCCON1CCCC1[SiH3]. The van der Waals surface area contributed by atoms with E-state index in [2.05, 4.69) is 5.06 Å². The Labute approximate surface area is 77.4 Å². The van der Waals surface area contributed by atoms with Crippen LogP contribution in [0.2, 0.25) is 0 Å². The fourth-order valence-electron chi connectivity index (χ4n) is 1.46. The molecule has 12 heavy (non-hydrogen) atoms. The molecule has 0 aromatic heterocycles. The Balaban J connectivity index is 1.98. The second-order valence-corrected chi connectivity index (χ2v) is 4.49. The molecule has 1 aliphatic heterocycles. The van der Waals surface area contributed by atoms with Crippen molar-refractivity contribution in [1.82, 2.24) is 5.06 Å². The molecule has 0 spiro atoms. The highest BCUT2D eigenvalue weighted by Gasteiger charge is 2.20. The molecule has 1 saturated heterocycles. The maximum absolute atomic E-state index is 5.56. The highest BCUT2D eigenvalue weighted by molar-refractivity contribution is 6.11. The topological polar surface area (TPSA) is 21.7 Å². The van der Waals surface area contributed by atoms with Crippen LogP contribution in [0.4, 0.5) is 0 Å². The maximum Gasteiger partial charge on any atom is 0.0918 e. The molecule has 72 valence electrons. The van der Waals surface area contributed by atoms with Gasteiger partial charge in [0.05, 0.1) is 13.2 Å². The van der Waals surface area contributed by atoms with Crippen molar-refractivity contribution in [3.8, 4) is 0 Å². The molecule has 1 aliphatic rings. The molecular formula is C8H19NO2Si. The van der Waals surface area contributed by atoms with Crippen molar-refractivity contribution >= 4 is 10.2 Å². The molecule has 1 heterocycles. The molecule has 0 saturated carbocycles. The van der Waals surface area contributed by atoms with Crippen molar-refractivity contribution in [2.75, 3.05) is 26.4 Å². The van der Waals surface area contributed by atoms with Gasteiger partial charge >= 0.3 is 0 Å². The van der Waals surface area contributed by atoms with Gasteiger partial charge in [0, 0.05) is 29.1 Å². The van der Waals surface area contributed by atoms with Gasteiger partial charge in [-0.05, 0) is 19.8 Å². The van der Waals surface area contributed by atoms with Crippen molar-refractivity contribution in [2.45, 2.75) is 25.4 Å². The van der Waals surface area contributed by atoms with E-state index in [-0.39, 0.29) is 0 Å². The number of nitrogens with zero attached hydrogens (tertiary/aromatic N) is 1. The lowest BCUT2D eigenvalue weighted by molar-refractivity contribution is -0.163. The van der Waals surface area contributed by atoms with E-state index in [4.69, 9.17) is 9.57 Å². The first-order valence-electron chi connectivity index (χ1n) is 4.82. The van der Waals surface area contributed by atoms with Crippen LogP contribution in [-0.2, 0) is 9.57 Å². The first kappa shape index (κ1) is 10.2. The van der Waals surface area contributed by atoms with Crippen molar-refractivity contribution in [3.63, 3.8) is 0 Å².